The van der Waals surface area contributed by atoms with E-state index in [2.05, 4.69) is 17.1 Å². The number of nitrogens with one attached hydrogen (secondary N) is 1. The molecule has 1 fully saturated rings. The van der Waals surface area contributed by atoms with Gasteiger partial charge in [0.25, 0.3) is 0 Å². The lowest BCUT2D eigenvalue weighted by molar-refractivity contribution is -0.140. The molecule has 0 aliphatic carbocycles. The summed E-state index contributed by atoms with van der Waals surface area (Å²) in [6.45, 7) is 4.56. The molecule has 1 aromatic heterocycles. The Labute approximate surface area is 109 Å². The molecule has 7 heteroatoms. The topological polar surface area (TPSA) is 77.0 Å². The molecule has 6 nitrogen and oxygen atoms in total. The number of cyclic esters (lactones) is 1. The van der Waals surface area contributed by atoms with Gasteiger partial charge in [0.05, 0.1) is 0 Å². The number of aromatic nitrogens is 3. The largest absolute Gasteiger partial charge is 0.462 e. The minimum atomic E-state index is -0.254. The van der Waals surface area contributed by atoms with Crippen molar-refractivity contribution in [2.75, 3.05) is 0 Å². The van der Waals surface area contributed by atoms with Crippen LogP contribution in [-0.4, -0.2) is 32.1 Å². The second kappa shape index (κ2) is 5.60. The zero-order valence-corrected chi connectivity index (χ0v) is 11.3. The van der Waals surface area contributed by atoms with Crippen LogP contribution in [0.15, 0.2) is 9.95 Å². The minimum Gasteiger partial charge on any atom is -0.462 e. The Morgan fingerprint density at radius 3 is 2.94 bits per heavy atom. The number of hydrogen-bond acceptors (Lipinski definition) is 5. The minimum absolute atomic E-state index is 0.0512. The van der Waals surface area contributed by atoms with Gasteiger partial charge in [0.15, 0.2) is 5.16 Å². The number of hydrogen-bond donors (Lipinski definition) is 1. The predicted molar refractivity (Wildman–Crippen MR) is 67.6 cm³/mol. The molecule has 1 N–H and O–H groups in total. The molecule has 0 bridgehead atoms. The van der Waals surface area contributed by atoms with Crippen molar-refractivity contribution in [3.8, 4) is 0 Å². The first-order chi connectivity index (χ1) is 8.61. The SMILES string of the molecule is CCCCn1c(S[C@@H]2C[C@@H](C)OC2=O)n[nH]c1=O. The van der Waals surface area contributed by atoms with Crippen molar-refractivity contribution in [2.45, 2.75) is 56.2 Å². The second-order valence-corrected chi connectivity index (χ2v) is 5.58. The van der Waals surface area contributed by atoms with E-state index in [0.717, 1.165) is 12.8 Å². The lowest BCUT2D eigenvalue weighted by Crippen LogP contribution is -2.19. The molecule has 2 heterocycles. The maximum Gasteiger partial charge on any atom is 0.343 e. The fourth-order valence-corrected chi connectivity index (χ4v) is 3.02. The highest BCUT2D eigenvalue weighted by atomic mass is 32.2. The lowest BCUT2D eigenvalue weighted by atomic mass is 10.3. The van der Waals surface area contributed by atoms with E-state index in [1.165, 1.54) is 11.8 Å². The molecule has 1 aliphatic rings. The molecule has 0 radical (unpaired) electrons. The van der Waals surface area contributed by atoms with Crippen LogP contribution in [0.1, 0.15) is 33.1 Å². The van der Waals surface area contributed by atoms with Gasteiger partial charge in [0, 0.05) is 13.0 Å². The van der Waals surface area contributed by atoms with Gasteiger partial charge in [-0.05, 0) is 13.3 Å². The van der Waals surface area contributed by atoms with Crippen LogP contribution in [0.3, 0.4) is 0 Å². The van der Waals surface area contributed by atoms with E-state index in [4.69, 9.17) is 4.74 Å². The van der Waals surface area contributed by atoms with Crippen LogP contribution in [0.2, 0.25) is 0 Å². The Morgan fingerprint density at radius 1 is 1.56 bits per heavy atom. The average Bonchev–Trinajstić information content (AvgIpc) is 2.81. The summed E-state index contributed by atoms with van der Waals surface area (Å²) in [4.78, 5) is 23.1. The molecule has 1 aromatic rings. The summed E-state index contributed by atoms with van der Waals surface area (Å²) in [5, 5.41) is 6.72. The molecule has 2 atom stereocenters. The van der Waals surface area contributed by atoms with Crippen molar-refractivity contribution in [3.63, 3.8) is 0 Å². The first-order valence-corrected chi connectivity index (χ1v) is 7.02. The monoisotopic (exact) mass is 271 g/mol. The predicted octanol–water partition coefficient (Wildman–Crippen LogP) is 1.17. The van der Waals surface area contributed by atoms with Gasteiger partial charge >= 0.3 is 11.7 Å². The fourth-order valence-electron chi connectivity index (χ4n) is 1.85. The second-order valence-electron chi connectivity index (χ2n) is 4.41. The van der Waals surface area contributed by atoms with Crippen molar-refractivity contribution >= 4 is 17.7 Å². The molecular weight excluding hydrogens is 254 g/mol. The number of carbonyl (C=O) groups excluding carboxylic acids is 1. The number of ether oxygens (including phenoxy) is 1. The molecule has 0 unspecified atom stereocenters. The van der Waals surface area contributed by atoms with Crippen LogP contribution in [0.25, 0.3) is 0 Å². The maximum atomic E-state index is 11.6. The van der Waals surface area contributed by atoms with Gasteiger partial charge in [0.1, 0.15) is 11.4 Å². The summed E-state index contributed by atoms with van der Waals surface area (Å²) in [6, 6.07) is 0. The summed E-state index contributed by atoms with van der Waals surface area (Å²) in [7, 11) is 0. The highest BCUT2D eigenvalue weighted by Gasteiger charge is 2.34. The van der Waals surface area contributed by atoms with Crippen molar-refractivity contribution in [1.29, 1.82) is 0 Å². The van der Waals surface area contributed by atoms with Gasteiger partial charge in [-0.1, -0.05) is 25.1 Å². The number of rotatable bonds is 5. The molecule has 0 amide bonds. The van der Waals surface area contributed by atoms with Crippen LogP contribution in [-0.2, 0) is 16.1 Å². The number of H-pyrrole nitrogens is 1. The molecule has 100 valence electrons. The number of unbranched alkanes of at least 4 members (excludes halogenated alkanes) is 1. The Bertz CT molecular complexity index is 482. The molecule has 1 aliphatic heterocycles. The standard InChI is InChI=1S/C11H17N3O3S/c1-3-4-5-14-10(16)12-13-11(14)18-8-6-7(2)17-9(8)15/h7-8H,3-6H2,1-2H3,(H,12,16)/t7-,8-/m1/s1. The third-order valence-electron chi connectivity index (χ3n) is 2.83. The van der Waals surface area contributed by atoms with E-state index in [9.17, 15) is 9.59 Å². The summed E-state index contributed by atoms with van der Waals surface area (Å²) in [5.41, 5.74) is -0.217. The lowest BCUT2D eigenvalue weighted by Gasteiger charge is -2.06. The van der Waals surface area contributed by atoms with Gasteiger partial charge in [0.2, 0.25) is 0 Å². The highest BCUT2D eigenvalue weighted by molar-refractivity contribution is 8.00. The van der Waals surface area contributed by atoms with E-state index in [0.29, 0.717) is 18.1 Å². The average molecular weight is 271 g/mol. The van der Waals surface area contributed by atoms with E-state index >= 15 is 0 Å². The Balaban J connectivity index is 2.09. The van der Waals surface area contributed by atoms with Crippen LogP contribution < -0.4 is 5.69 Å². The first-order valence-electron chi connectivity index (χ1n) is 6.14. The van der Waals surface area contributed by atoms with Crippen LogP contribution >= 0.6 is 11.8 Å². The quantitative estimate of drug-likeness (QED) is 0.813. The van der Waals surface area contributed by atoms with E-state index in [1.54, 1.807) is 4.57 Å². The van der Waals surface area contributed by atoms with Gasteiger partial charge < -0.3 is 4.74 Å². The molecule has 0 aromatic carbocycles. The Kier molecular flexibility index (Phi) is 4.11. The summed E-state index contributed by atoms with van der Waals surface area (Å²) in [6.07, 6.45) is 2.53. The third-order valence-corrected chi connectivity index (χ3v) is 4.02. The van der Waals surface area contributed by atoms with E-state index in [-0.39, 0.29) is 23.0 Å². The molecule has 0 saturated carbocycles. The third kappa shape index (κ3) is 2.77. The number of esters is 1. The summed E-state index contributed by atoms with van der Waals surface area (Å²) >= 11 is 1.31. The first kappa shape index (κ1) is 13.2. The van der Waals surface area contributed by atoms with Gasteiger partial charge in [-0.25, -0.2) is 9.89 Å². The van der Waals surface area contributed by atoms with Crippen molar-refractivity contribution in [1.82, 2.24) is 14.8 Å². The Hall–Kier alpha value is -1.24. The Morgan fingerprint density at radius 2 is 2.33 bits per heavy atom. The highest BCUT2D eigenvalue weighted by Crippen LogP contribution is 2.30. The van der Waals surface area contributed by atoms with Gasteiger partial charge in [-0.3, -0.25) is 9.36 Å². The van der Waals surface area contributed by atoms with Crippen molar-refractivity contribution in [2.24, 2.45) is 0 Å². The normalized spacial score (nSPS) is 23.3. The number of carbonyl (C=O) groups is 1. The molecule has 2 rings (SSSR count). The van der Waals surface area contributed by atoms with Crippen LogP contribution in [0.4, 0.5) is 0 Å². The molecule has 18 heavy (non-hydrogen) atoms. The number of nitrogens with zero attached hydrogens (tertiary/aromatic N) is 2. The molecular formula is C11H17N3O3S. The zero-order chi connectivity index (χ0) is 13.1. The zero-order valence-electron chi connectivity index (χ0n) is 10.5. The van der Waals surface area contributed by atoms with E-state index < -0.39 is 0 Å². The van der Waals surface area contributed by atoms with Crippen LogP contribution in [0, 0.1) is 0 Å². The molecule has 0 spiro atoms. The summed E-state index contributed by atoms with van der Waals surface area (Å²) in [5.74, 6) is -0.218. The maximum absolute atomic E-state index is 11.6. The van der Waals surface area contributed by atoms with Gasteiger partial charge in [-0.2, -0.15) is 0 Å². The fraction of sp³-hybridized carbons (Fsp3) is 0.727. The van der Waals surface area contributed by atoms with Crippen LogP contribution in [0.5, 0.6) is 0 Å². The van der Waals surface area contributed by atoms with Crippen molar-refractivity contribution in [3.05, 3.63) is 10.5 Å². The summed E-state index contributed by atoms with van der Waals surface area (Å²) < 4.78 is 6.68. The van der Waals surface area contributed by atoms with Gasteiger partial charge in [-0.15, -0.1) is 5.10 Å². The van der Waals surface area contributed by atoms with Crippen molar-refractivity contribution < 1.29 is 9.53 Å². The smallest absolute Gasteiger partial charge is 0.343 e. The number of thioether (sulfide) groups is 1. The number of aromatic amines is 1. The molecule has 1 saturated heterocycles. The van der Waals surface area contributed by atoms with E-state index in [1.807, 2.05) is 6.92 Å².